The zero-order valence-electron chi connectivity index (χ0n) is 6.65. The van der Waals surface area contributed by atoms with Gasteiger partial charge in [-0.1, -0.05) is 0 Å². The molecular weight excluding hydrogens is 156 g/mol. The van der Waals surface area contributed by atoms with Crippen LogP contribution in [0.15, 0.2) is 23.3 Å². The van der Waals surface area contributed by atoms with E-state index in [1.807, 2.05) is 0 Å². The Bertz CT molecular complexity index is 306. The van der Waals surface area contributed by atoms with Crippen LogP contribution in [0.5, 0.6) is 5.75 Å². The second-order valence-electron chi connectivity index (χ2n) is 2.09. The lowest BCUT2D eigenvalue weighted by Crippen LogP contribution is -1.89. The van der Waals surface area contributed by atoms with Gasteiger partial charge in [-0.3, -0.25) is 4.98 Å². The molecule has 0 atom stereocenters. The van der Waals surface area contributed by atoms with Gasteiger partial charge in [-0.25, -0.2) is 4.79 Å². The average Bonchev–Trinajstić information content (AvgIpc) is 2.15. The van der Waals surface area contributed by atoms with Crippen molar-refractivity contribution in [3.63, 3.8) is 0 Å². The number of hydrogen-bond acceptors (Lipinski definition) is 4. The molecule has 0 aliphatic rings. The van der Waals surface area contributed by atoms with E-state index in [4.69, 9.17) is 4.74 Å². The predicted octanol–water partition coefficient (Wildman–Crippen LogP) is 0.926. The molecule has 0 amide bonds. The molecule has 0 aromatic carbocycles. The van der Waals surface area contributed by atoms with Gasteiger partial charge in [0, 0.05) is 12.3 Å². The second kappa shape index (κ2) is 4.26. The van der Waals surface area contributed by atoms with Crippen LogP contribution >= 0.6 is 0 Å². The number of nitrogens with zero attached hydrogens (tertiary/aromatic N) is 2. The predicted molar refractivity (Wildman–Crippen MR) is 42.6 cm³/mol. The first-order valence-corrected chi connectivity index (χ1v) is 3.39. The standard InChI is InChI=1S/C8H8N2O2/c1-12-8-2-3-10-7(4-8)5-9-6-11/h2-4H,5H2,1H3. The molecule has 1 aromatic rings. The molecule has 0 aliphatic heterocycles. The van der Waals surface area contributed by atoms with Gasteiger partial charge in [-0.15, -0.1) is 0 Å². The minimum Gasteiger partial charge on any atom is -0.497 e. The van der Waals surface area contributed by atoms with Crippen molar-refractivity contribution < 1.29 is 9.53 Å². The fraction of sp³-hybridized carbons (Fsp3) is 0.250. The Balaban J connectivity index is 2.78. The van der Waals surface area contributed by atoms with Gasteiger partial charge >= 0.3 is 0 Å². The largest absolute Gasteiger partial charge is 0.497 e. The fourth-order valence-electron chi connectivity index (χ4n) is 0.783. The number of aliphatic imine (C=N–C) groups is 1. The van der Waals surface area contributed by atoms with Crippen molar-refractivity contribution in [1.82, 2.24) is 4.98 Å². The Morgan fingerprint density at radius 1 is 1.75 bits per heavy atom. The van der Waals surface area contributed by atoms with Crippen molar-refractivity contribution in [2.75, 3.05) is 7.11 Å². The molecule has 0 spiro atoms. The van der Waals surface area contributed by atoms with Crippen LogP contribution in [0.25, 0.3) is 0 Å². The molecule has 0 bridgehead atoms. The van der Waals surface area contributed by atoms with Gasteiger partial charge < -0.3 is 4.74 Å². The summed E-state index contributed by atoms with van der Waals surface area (Å²) in [5.74, 6) is 0.709. The molecule has 62 valence electrons. The first-order chi connectivity index (χ1) is 5.86. The van der Waals surface area contributed by atoms with Crippen LogP contribution in [0.3, 0.4) is 0 Å². The lowest BCUT2D eigenvalue weighted by Gasteiger charge is -1.99. The first kappa shape index (κ1) is 8.43. The summed E-state index contributed by atoms with van der Waals surface area (Å²) in [6.07, 6.45) is 3.05. The van der Waals surface area contributed by atoms with Crippen molar-refractivity contribution in [2.24, 2.45) is 4.99 Å². The molecule has 1 heterocycles. The summed E-state index contributed by atoms with van der Waals surface area (Å²) >= 11 is 0. The molecular formula is C8H8N2O2. The van der Waals surface area contributed by atoms with Gasteiger partial charge in [0.1, 0.15) is 5.75 Å². The number of aromatic nitrogens is 1. The number of rotatable bonds is 3. The highest BCUT2D eigenvalue weighted by molar-refractivity contribution is 5.33. The highest BCUT2D eigenvalue weighted by Crippen LogP contribution is 2.09. The Morgan fingerprint density at radius 3 is 3.25 bits per heavy atom. The lowest BCUT2D eigenvalue weighted by molar-refractivity contribution is 0.413. The highest BCUT2D eigenvalue weighted by atomic mass is 16.5. The molecule has 0 radical (unpaired) electrons. The third kappa shape index (κ3) is 2.18. The van der Waals surface area contributed by atoms with E-state index in [0.29, 0.717) is 11.4 Å². The van der Waals surface area contributed by atoms with Crippen LogP contribution < -0.4 is 4.74 Å². The number of pyridine rings is 1. The van der Waals surface area contributed by atoms with Crippen LogP contribution in [0, 0.1) is 0 Å². The van der Waals surface area contributed by atoms with Crippen molar-refractivity contribution in [1.29, 1.82) is 0 Å². The third-order valence-corrected chi connectivity index (χ3v) is 1.33. The molecule has 0 saturated heterocycles. The number of ether oxygens (including phenoxy) is 1. The van der Waals surface area contributed by atoms with Crippen molar-refractivity contribution in [3.8, 4) is 5.75 Å². The number of hydrogen-bond donors (Lipinski definition) is 0. The van der Waals surface area contributed by atoms with Crippen LogP contribution in [-0.2, 0) is 11.3 Å². The van der Waals surface area contributed by atoms with E-state index in [0.717, 1.165) is 0 Å². The van der Waals surface area contributed by atoms with Crippen molar-refractivity contribution in [3.05, 3.63) is 24.0 Å². The second-order valence-corrected chi connectivity index (χ2v) is 2.09. The summed E-state index contributed by atoms with van der Waals surface area (Å²) in [4.78, 5) is 17.1. The molecule has 1 aromatic heterocycles. The third-order valence-electron chi connectivity index (χ3n) is 1.33. The van der Waals surface area contributed by atoms with Gasteiger partial charge in [0.05, 0.1) is 19.3 Å². The number of methoxy groups -OCH3 is 1. The molecule has 1 rings (SSSR count). The molecule has 0 fully saturated rings. The lowest BCUT2D eigenvalue weighted by atomic mass is 10.3. The highest BCUT2D eigenvalue weighted by Gasteiger charge is 1.94. The quantitative estimate of drug-likeness (QED) is 0.493. The van der Waals surface area contributed by atoms with Gasteiger partial charge in [0.25, 0.3) is 0 Å². The van der Waals surface area contributed by atoms with Gasteiger partial charge in [-0.05, 0) is 6.07 Å². The molecule has 4 nitrogen and oxygen atoms in total. The summed E-state index contributed by atoms with van der Waals surface area (Å²) < 4.78 is 4.95. The smallest absolute Gasteiger partial charge is 0.235 e. The van der Waals surface area contributed by atoms with Crippen molar-refractivity contribution >= 4 is 6.08 Å². The molecule has 0 unspecified atom stereocenters. The SMILES string of the molecule is COc1ccnc(CN=C=O)c1. The van der Waals surface area contributed by atoms with E-state index in [-0.39, 0.29) is 6.54 Å². The maximum Gasteiger partial charge on any atom is 0.235 e. The molecule has 0 aliphatic carbocycles. The van der Waals surface area contributed by atoms with Crippen LogP contribution in [0.2, 0.25) is 0 Å². The van der Waals surface area contributed by atoms with Crippen molar-refractivity contribution in [2.45, 2.75) is 6.54 Å². The van der Waals surface area contributed by atoms with Gasteiger partial charge in [-0.2, -0.15) is 4.99 Å². The summed E-state index contributed by atoms with van der Waals surface area (Å²) in [6, 6.07) is 3.45. The van der Waals surface area contributed by atoms with Crippen LogP contribution in [-0.4, -0.2) is 18.2 Å². The minimum atomic E-state index is 0.251. The Labute approximate surface area is 69.9 Å². The summed E-state index contributed by atoms with van der Waals surface area (Å²) in [6.45, 7) is 0.251. The van der Waals surface area contributed by atoms with E-state index < -0.39 is 0 Å². The summed E-state index contributed by atoms with van der Waals surface area (Å²) in [5.41, 5.74) is 0.692. The average molecular weight is 164 g/mol. The number of isocyanates is 1. The molecule has 12 heavy (non-hydrogen) atoms. The summed E-state index contributed by atoms with van der Waals surface area (Å²) in [5, 5.41) is 0. The maximum absolute atomic E-state index is 9.78. The first-order valence-electron chi connectivity index (χ1n) is 3.39. The molecule has 0 N–H and O–H groups in total. The Kier molecular flexibility index (Phi) is 2.99. The molecule has 4 heteroatoms. The molecule has 0 saturated carbocycles. The topological polar surface area (TPSA) is 51.6 Å². The Morgan fingerprint density at radius 2 is 2.58 bits per heavy atom. The van der Waals surface area contributed by atoms with E-state index in [1.54, 1.807) is 25.4 Å². The van der Waals surface area contributed by atoms with Gasteiger partial charge in [0.2, 0.25) is 6.08 Å². The van der Waals surface area contributed by atoms with E-state index >= 15 is 0 Å². The van der Waals surface area contributed by atoms with E-state index in [1.165, 1.54) is 6.08 Å². The van der Waals surface area contributed by atoms with Crippen LogP contribution in [0.1, 0.15) is 5.69 Å². The monoisotopic (exact) mass is 164 g/mol. The minimum absolute atomic E-state index is 0.251. The van der Waals surface area contributed by atoms with E-state index in [9.17, 15) is 4.79 Å². The zero-order valence-corrected chi connectivity index (χ0v) is 6.65. The maximum atomic E-state index is 9.78. The zero-order chi connectivity index (χ0) is 8.81. The van der Waals surface area contributed by atoms with E-state index in [2.05, 4.69) is 9.98 Å². The number of carbonyl (C=O) groups excluding carboxylic acids is 1. The van der Waals surface area contributed by atoms with Gasteiger partial charge in [0.15, 0.2) is 0 Å². The summed E-state index contributed by atoms with van der Waals surface area (Å²) in [7, 11) is 1.57. The fourth-order valence-corrected chi connectivity index (χ4v) is 0.783. The normalized spacial score (nSPS) is 8.75. The van der Waals surface area contributed by atoms with Crippen LogP contribution in [0.4, 0.5) is 0 Å². The Hall–Kier alpha value is -1.67.